The first-order valence-electron chi connectivity index (χ1n) is 9.71. The van der Waals surface area contributed by atoms with Crippen molar-refractivity contribution in [2.45, 2.75) is 112 Å². The fourth-order valence-electron chi connectivity index (χ4n) is 3.65. The molecule has 20 heavy (non-hydrogen) atoms. The maximum absolute atomic E-state index is 2.40. The topological polar surface area (TPSA) is 0 Å². The van der Waals surface area contributed by atoms with Crippen LogP contribution in [0.15, 0.2) is 0 Å². The molecule has 0 heteroatoms. The number of hydrogen-bond donors (Lipinski definition) is 0. The van der Waals surface area contributed by atoms with Crippen LogP contribution in [0, 0.1) is 17.8 Å². The van der Waals surface area contributed by atoms with Crippen LogP contribution in [-0.4, -0.2) is 0 Å². The van der Waals surface area contributed by atoms with Crippen molar-refractivity contribution in [2.24, 2.45) is 17.8 Å². The Morgan fingerprint density at radius 1 is 0.500 bits per heavy atom. The maximum atomic E-state index is 2.40. The van der Waals surface area contributed by atoms with Crippen molar-refractivity contribution in [2.75, 3.05) is 0 Å². The Kier molecular flexibility index (Phi) is 14.0. The average molecular weight is 283 g/mol. The molecule has 0 saturated carbocycles. The minimum atomic E-state index is 0.996. The standard InChI is InChI=1S/C20H42/c1-6-11-14-18(9-4)16-20(13-8-3)17-19(10-5)15-12-7-2/h18-20H,6-17H2,1-5H3. The summed E-state index contributed by atoms with van der Waals surface area (Å²) >= 11 is 0. The van der Waals surface area contributed by atoms with Crippen molar-refractivity contribution >= 4 is 0 Å². The van der Waals surface area contributed by atoms with Gasteiger partial charge in [0.2, 0.25) is 0 Å². The third-order valence-electron chi connectivity index (χ3n) is 5.12. The summed E-state index contributed by atoms with van der Waals surface area (Å²) in [5, 5.41) is 0. The smallest absolute Gasteiger partial charge is 0.0409 e. The molecular formula is C20H42. The van der Waals surface area contributed by atoms with Crippen molar-refractivity contribution in [3.63, 3.8) is 0 Å². The molecular weight excluding hydrogens is 240 g/mol. The van der Waals surface area contributed by atoms with Gasteiger partial charge in [-0.2, -0.15) is 0 Å². The van der Waals surface area contributed by atoms with Gasteiger partial charge >= 0.3 is 0 Å². The van der Waals surface area contributed by atoms with E-state index in [0.717, 1.165) is 17.8 Å². The van der Waals surface area contributed by atoms with Gasteiger partial charge in [0.15, 0.2) is 0 Å². The second-order valence-corrected chi connectivity index (χ2v) is 6.96. The molecule has 0 aliphatic rings. The zero-order valence-electron chi connectivity index (χ0n) is 15.2. The van der Waals surface area contributed by atoms with Crippen molar-refractivity contribution in [3.8, 4) is 0 Å². The van der Waals surface area contributed by atoms with Crippen LogP contribution >= 0.6 is 0 Å². The average Bonchev–Trinajstić information content (AvgIpc) is 2.47. The molecule has 0 aliphatic heterocycles. The van der Waals surface area contributed by atoms with Crippen LogP contribution in [0.3, 0.4) is 0 Å². The van der Waals surface area contributed by atoms with Gasteiger partial charge in [0.25, 0.3) is 0 Å². The summed E-state index contributed by atoms with van der Waals surface area (Å²) in [6, 6.07) is 0. The van der Waals surface area contributed by atoms with E-state index < -0.39 is 0 Å². The maximum Gasteiger partial charge on any atom is -0.0409 e. The molecule has 0 nitrogen and oxygen atoms in total. The SMILES string of the molecule is CCCCC(CC)CC(CCC)CC(CC)CCCC. The largest absolute Gasteiger partial charge is 0.0654 e. The number of unbranched alkanes of at least 4 members (excludes halogenated alkanes) is 2. The molecule has 2 unspecified atom stereocenters. The summed E-state index contributed by atoms with van der Waals surface area (Å²) in [4.78, 5) is 0. The van der Waals surface area contributed by atoms with E-state index >= 15 is 0 Å². The van der Waals surface area contributed by atoms with E-state index in [4.69, 9.17) is 0 Å². The first kappa shape index (κ1) is 20.0. The second-order valence-electron chi connectivity index (χ2n) is 6.96. The molecule has 0 radical (unpaired) electrons. The first-order chi connectivity index (χ1) is 9.71. The van der Waals surface area contributed by atoms with Crippen LogP contribution in [0.5, 0.6) is 0 Å². The molecule has 0 amide bonds. The van der Waals surface area contributed by atoms with Crippen LogP contribution in [0.4, 0.5) is 0 Å². The lowest BCUT2D eigenvalue weighted by Gasteiger charge is -2.26. The van der Waals surface area contributed by atoms with Gasteiger partial charge in [-0.1, -0.05) is 98.8 Å². The van der Waals surface area contributed by atoms with E-state index in [1.165, 1.54) is 77.0 Å². The lowest BCUT2D eigenvalue weighted by atomic mass is 9.80. The molecule has 2 atom stereocenters. The predicted octanol–water partition coefficient (Wildman–Crippen LogP) is 7.62. The molecule has 0 fully saturated rings. The van der Waals surface area contributed by atoms with Crippen LogP contribution in [0.1, 0.15) is 112 Å². The third kappa shape index (κ3) is 9.83. The monoisotopic (exact) mass is 282 g/mol. The van der Waals surface area contributed by atoms with E-state index in [1.807, 2.05) is 0 Å². The Balaban J connectivity index is 4.29. The van der Waals surface area contributed by atoms with E-state index in [9.17, 15) is 0 Å². The zero-order chi connectivity index (χ0) is 15.2. The number of hydrogen-bond acceptors (Lipinski definition) is 0. The third-order valence-corrected chi connectivity index (χ3v) is 5.12. The Morgan fingerprint density at radius 2 is 0.950 bits per heavy atom. The zero-order valence-corrected chi connectivity index (χ0v) is 15.2. The molecule has 122 valence electrons. The highest BCUT2D eigenvalue weighted by Crippen LogP contribution is 2.31. The van der Waals surface area contributed by atoms with Crippen LogP contribution < -0.4 is 0 Å². The number of rotatable bonds is 14. The summed E-state index contributed by atoms with van der Waals surface area (Å²) in [6.07, 6.45) is 17.2. The lowest BCUT2D eigenvalue weighted by Crippen LogP contribution is -2.13. The van der Waals surface area contributed by atoms with Crippen molar-refractivity contribution < 1.29 is 0 Å². The summed E-state index contributed by atoms with van der Waals surface area (Å²) in [5.41, 5.74) is 0. The second kappa shape index (κ2) is 14.0. The van der Waals surface area contributed by atoms with Crippen molar-refractivity contribution in [1.82, 2.24) is 0 Å². The van der Waals surface area contributed by atoms with E-state index in [2.05, 4.69) is 34.6 Å². The molecule has 0 rings (SSSR count). The van der Waals surface area contributed by atoms with Crippen LogP contribution in [0.25, 0.3) is 0 Å². The van der Waals surface area contributed by atoms with E-state index in [0.29, 0.717) is 0 Å². The predicted molar refractivity (Wildman–Crippen MR) is 94.2 cm³/mol. The molecule has 0 aromatic carbocycles. The van der Waals surface area contributed by atoms with E-state index in [-0.39, 0.29) is 0 Å². The Bertz CT molecular complexity index is 166. The summed E-state index contributed by atoms with van der Waals surface area (Å²) in [5.74, 6) is 2.99. The Hall–Kier alpha value is 0. The van der Waals surface area contributed by atoms with Crippen LogP contribution in [0.2, 0.25) is 0 Å². The van der Waals surface area contributed by atoms with Gasteiger partial charge in [-0.15, -0.1) is 0 Å². The van der Waals surface area contributed by atoms with Gasteiger partial charge in [-0.05, 0) is 30.6 Å². The van der Waals surface area contributed by atoms with Crippen molar-refractivity contribution in [3.05, 3.63) is 0 Å². The molecule has 0 aromatic heterocycles. The van der Waals surface area contributed by atoms with Gasteiger partial charge in [0, 0.05) is 0 Å². The highest BCUT2D eigenvalue weighted by molar-refractivity contribution is 4.70. The molecule has 0 bridgehead atoms. The fraction of sp³-hybridized carbons (Fsp3) is 1.00. The molecule has 0 aliphatic carbocycles. The highest BCUT2D eigenvalue weighted by atomic mass is 14.2. The van der Waals surface area contributed by atoms with Gasteiger partial charge < -0.3 is 0 Å². The molecule has 0 aromatic rings. The van der Waals surface area contributed by atoms with Crippen molar-refractivity contribution in [1.29, 1.82) is 0 Å². The fourth-order valence-corrected chi connectivity index (χ4v) is 3.65. The summed E-state index contributed by atoms with van der Waals surface area (Å²) < 4.78 is 0. The minimum absolute atomic E-state index is 0.996. The Labute approximate surface area is 130 Å². The van der Waals surface area contributed by atoms with Gasteiger partial charge in [-0.3, -0.25) is 0 Å². The van der Waals surface area contributed by atoms with Gasteiger partial charge in [0.1, 0.15) is 0 Å². The first-order valence-corrected chi connectivity index (χ1v) is 9.71. The van der Waals surface area contributed by atoms with Gasteiger partial charge in [0.05, 0.1) is 0 Å². The molecule has 0 heterocycles. The molecule has 0 saturated heterocycles. The minimum Gasteiger partial charge on any atom is -0.0654 e. The normalized spacial score (nSPS) is 16.1. The molecule has 0 N–H and O–H groups in total. The quantitative estimate of drug-likeness (QED) is 0.307. The Morgan fingerprint density at radius 3 is 1.25 bits per heavy atom. The van der Waals surface area contributed by atoms with Gasteiger partial charge in [-0.25, -0.2) is 0 Å². The van der Waals surface area contributed by atoms with Crippen LogP contribution in [-0.2, 0) is 0 Å². The van der Waals surface area contributed by atoms with E-state index in [1.54, 1.807) is 0 Å². The summed E-state index contributed by atoms with van der Waals surface area (Å²) in [6.45, 7) is 11.8. The molecule has 0 spiro atoms. The lowest BCUT2D eigenvalue weighted by molar-refractivity contribution is 0.258. The summed E-state index contributed by atoms with van der Waals surface area (Å²) in [7, 11) is 0. The highest BCUT2D eigenvalue weighted by Gasteiger charge is 2.18.